The average Bonchev–Trinajstić information content (AvgIpc) is 2.32. The minimum Gasteiger partial charge on any atom is -0.507 e. The molecule has 1 aromatic carbocycles. The number of hydrogen-bond donors (Lipinski definition) is 1. The van der Waals surface area contributed by atoms with E-state index in [1.165, 1.54) is 5.56 Å². The molecule has 2 nitrogen and oxygen atoms in total. The fourth-order valence-corrected chi connectivity index (χ4v) is 2.59. The van der Waals surface area contributed by atoms with Gasteiger partial charge in [0.1, 0.15) is 11.5 Å². The molecular formula is C16H26O2. The van der Waals surface area contributed by atoms with E-state index < -0.39 is 0 Å². The van der Waals surface area contributed by atoms with Crippen molar-refractivity contribution in [2.24, 2.45) is 0 Å². The zero-order valence-corrected chi connectivity index (χ0v) is 12.6. The smallest absolute Gasteiger partial charge is 0.126 e. The van der Waals surface area contributed by atoms with Gasteiger partial charge in [-0.1, -0.05) is 20.8 Å². The first-order chi connectivity index (χ1) is 8.47. The molecule has 0 saturated heterocycles. The van der Waals surface area contributed by atoms with Gasteiger partial charge in [0.2, 0.25) is 0 Å². The van der Waals surface area contributed by atoms with Gasteiger partial charge in [0.15, 0.2) is 0 Å². The summed E-state index contributed by atoms with van der Waals surface area (Å²) in [6.07, 6.45) is 2.73. The van der Waals surface area contributed by atoms with Gasteiger partial charge >= 0.3 is 0 Å². The van der Waals surface area contributed by atoms with Gasteiger partial charge in [-0.3, -0.25) is 0 Å². The van der Waals surface area contributed by atoms with Crippen LogP contribution in [0.1, 0.15) is 56.9 Å². The Hall–Kier alpha value is -1.18. The van der Waals surface area contributed by atoms with Gasteiger partial charge in [-0.25, -0.2) is 0 Å². The molecule has 1 N–H and O–H groups in total. The van der Waals surface area contributed by atoms with Gasteiger partial charge in [0.05, 0.1) is 6.10 Å². The highest BCUT2D eigenvalue weighted by molar-refractivity contribution is 5.58. The molecule has 0 spiro atoms. The van der Waals surface area contributed by atoms with Crippen molar-refractivity contribution < 1.29 is 9.84 Å². The molecule has 0 bridgehead atoms. The predicted molar refractivity (Wildman–Crippen MR) is 76.7 cm³/mol. The van der Waals surface area contributed by atoms with Crippen LogP contribution in [0, 0.1) is 6.92 Å². The van der Waals surface area contributed by atoms with Crippen LogP contribution in [-0.2, 0) is 19.3 Å². The normalized spacial score (nSPS) is 11.1. The molecule has 0 heterocycles. The van der Waals surface area contributed by atoms with Crippen molar-refractivity contribution in [2.45, 2.75) is 66.9 Å². The lowest BCUT2D eigenvalue weighted by Crippen LogP contribution is -2.11. The van der Waals surface area contributed by atoms with Crippen molar-refractivity contribution >= 4 is 0 Å². The van der Waals surface area contributed by atoms with Gasteiger partial charge < -0.3 is 9.84 Å². The summed E-state index contributed by atoms with van der Waals surface area (Å²) in [5.74, 6) is 1.46. The Labute approximate surface area is 111 Å². The monoisotopic (exact) mass is 250 g/mol. The molecule has 0 amide bonds. The molecular weight excluding hydrogens is 224 g/mol. The first kappa shape index (κ1) is 14.9. The molecule has 18 heavy (non-hydrogen) atoms. The third-order valence-corrected chi connectivity index (χ3v) is 3.42. The second-order valence-electron chi connectivity index (χ2n) is 4.97. The zero-order valence-electron chi connectivity index (χ0n) is 12.6. The van der Waals surface area contributed by atoms with E-state index in [-0.39, 0.29) is 6.10 Å². The first-order valence-corrected chi connectivity index (χ1v) is 7.00. The molecule has 0 unspecified atom stereocenters. The summed E-state index contributed by atoms with van der Waals surface area (Å²) in [5, 5.41) is 10.4. The summed E-state index contributed by atoms with van der Waals surface area (Å²) in [5.41, 5.74) is 4.34. The topological polar surface area (TPSA) is 29.5 Å². The van der Waals surface area contributed by atoms with Crippen molar-refractivity contribution in [1.29, 1.82) is 0 Å². The lowest BCUT2D eigenvalue weighted by atomic mass is 9.92. The Bertz CT molecular complexity index is 420. The molecule has 0 aliphatic heterocycles. The van der Waals surface area contributed by atoms with Crippen LogP contribution in [-0.4, -0.2) is 11.2 Å². The molecule has 0 saturated carbocycles. The maximum absolute atomic E-state index is 10.4. The fourth-order valence-electron chi connectivity index (χ4n) is 2.59. The van der Waals surface area contributed by atoms with E-state index in [1.54, 1.807) is 0 Å². The van der Waals surface area contributed by atoms with Crippen molar-refractivity contribution in [2.75, 3.05) is 0 Å². The number of hydrogen-bond acceptors (Lipinski definition) is 2. The minimum atomic E-state index is 0.160. The zero-order chi connectivity index (χ0) is 13.9. The third-order valence-electron chi connectivity index (χ3n) is 3.42. The third kappa shape index (κ3) is 2.63. The second kappa shape index (κ2) is 6.12. The van der Waals surface area contributed by atoms with E-state index in [0.717, 1.165) is 41.7 Å². The standard InChI is InChI=1S/C16H26O2/c1-7-12-11(6)16(18-10(4)5)14(9-3)13(8-2)15(12)17/h10,17H,7-9H2,1-6H3. The highest BCUT2D eigenvalue weighted by Crippen LogP contribution is 2.39. The molecule has 0 aliphatic rings. The van der Waals surface area contributed by atoms with Crippen LogP contribution in [0.2, 0.25) is 0 Å². The molecule has 0 radical (unpaired) electrons. The second-order valence-corrected chi connectivity index (χ2v) is 4.97. The molecule has 0 fully saturated rings. The van der Waals surface area contributed by atoms with Crippen LogP contribution in [0.15, 0.2) is 0 Å². The van der Waals surface area contributed by atoms with Gasteiger partial charge in [-0.2, -0.15) is 0 Å². The molecule has 1 rings (SSSR count). The number of aromatic hydroxyl groups is 1. The van der Waals surface area contributed by atoms with Crippen LogP contribution in [0.4, 0.5) is 0 Å². The highest BCUT2D eigenvalue weighted by Gasteiger charge is 2.20. The SMILES string of the molecule is CCc1c(C)c(OC(C)C)c(CC)c(CC)c1O. The highest BCUT2D eigenvalue weighted by atomic mass is 16.5. The van der Waals surface area contributed by atoms with Crippen LogP contribution < -0.4 is 4.74 Å². The largest absolute Gasteiger partial charge is 0.507 e. The maximum atomic E-state index is 10.4. The first-order valence-electron chi connectivity index (χ1n) is 7.00. The van der Waals surface area contributed by atoms with Gasteiger partial charge in [-0.05, 0) is 45.6 Å². The van der Waals surface area contributed by atoms with Crippen molar-refractivity contribution in [1.82, 2.24) is 0 Å². The van der Waals surface area contributed by atoms with Crippen LogP contribution in [0.25, 0.3) is 0 Å². The van der Waals surface area contributed by atoms with Crippen LogP contribution >= 0.6 is 0 Å². The number of phenolic OH excluding ortho intramolecular Hbond substituents is 1. The molecule has 102 valence electrons. The summed E-state index contributed by atoms with van der Waals surface area (Å²) in [6.45, 7) is 12.4. The van der Waals surface area contributed by atoms with Gasteiger partial charge in [-0.15, -0.1) is 0 Å². The summed E-state index contributed by atoms with van der Waals surface area (Å²) in [6, 6.07) is 0. The molecule has 0 aliphatic carbocycles. The van der Waals surface area contributed by atoms with E-state index in [0.29, 0.717) is 5.75 Å². The van der Waals surface area contributed by atoms with Crippen molar-refractivity contribution in [3.63, 3.8) is 0 Å². The fraction of sp³-hybridized carbons (Fsp3) is 0.625. The van der Waals surface area contributed by atoms with Crippen LogP contribution in [0.5, 0.6) is 11.5 Å². The molecule has 1 aromatic rings. The van der Waals surface area contributed by atoms with Crippen molar-refractivity contribution in [3.05, 3.63) is 22.3 Å². The van der Waals surface area contributed by atoms with E-state index in [1.807, 2.05) is 13.8 Å². The summed E-state index contributed by atoms with van der Waals surface area (Å²) < 4.78 is 6.00. The number of ether oxygens (including phenoxy) is 1. The van der Waals surface area contributed by atoms with Crippen molar-refractivity contribution in [3.8, 4) is 11.5 Å². The maximum Gasteiger partial charge on any atom is 0.126 e. The number of rotatable bonds is 5. The molecule has 2 heteroatoms. The minimum absolute atomic E-state index is 0.160. The Balaban J connectivity index is 3.55. The number of phenols is 1. The van der Waals surface area contributed by atoms with E-state index in [4.69, 9.17) is 4.74 Å². The van der Waals surface area contributed by atoms with E-state index >= 15 is 0 Å². The van der Waals surface area contributed by atoms with Gasteiger partial charge in [0, 0.05) is 16.7 Å². The average molecular weight is 250 g/mol. The predicted octanol–water partition coefficient (Wildman–Crippen LogP) is 4.18. The molecule has 0 aromatic heterocycles. The summed E-state index contributed by atoms with van der Waals surface area (Å²) in [7, 11) is 0. The Kier molecular flexibility index (Phi) is 5.06. The Morgan fingerprint density at radius 1 is 0.944 bits per heavy atom. The summed E-state index contributed by atoms with van der Waals surface area (Å²) >= 11 is 0. The Morgan fingerprint density at radius 2 is 1.44 bits per heavy atom. The molecule has 0 atom stereocenters. The lowest BCUT2D eigenvalue weighted by molar-refractivity contribution is 0.237. The lowest BCUT2D eigenvalue weighted by Gasteiger charge is -2.23. The van der Waals surface area contributed by atoms with E-state index in [9.17, 15) is 5.11 Å². The quantitative estimate of drug-likeness (QED) is 0.849. The van der Waals surface area contributed by atoms with Gasteiger partial charge in [0.25, 0.3) is 0 Å². The Morgan fingerprint density at radius 3 is 1.83 bits per heavy atom. The number of benzene rings is 1. The van der Waals surface area contributed by atoms with E-state index in [2.05, 4.69) is 27.7 Å². The van der Waals surface area contributed by atoms with Crippen LogP contribution in [0.3, 0.4) is 0 Å². The summed E-state index contributed by atoms with van der Waals surface area (Å²) in [4.78, 5) is 0.